The van der Waals surface area contributed by atoms with Crippen LogP contribution in [-0.2, 0) is 13.1 Å². The number of nitrogens with zero attached hydrogens (tertiary/aromatic N) is 3. The lowest BCUT2D eigenvalue weighted by Gasteiger charge is -2.11. The van der Waals surface area contributed by atoms with E-state index in [-0.39, 0.29) is 0 Å². The van der Waals surface area contributed by atoms with Gasteiger partial charge in [0.25, 0.3) is 0 Å². The van der Waals surface area contributed by atoms with E-state index in [4.69, 9.17) is 5.73 Å². The Labute approximate surface area is 104 Å². The number of hydrogen-bond donors (Lipinski definition) is 2. The van der Waals surface area contributed by atoms with Gasteiger partial charge in [-0.2, -0.15) is 0 Å². The number of nitrogens with one attached hydrogen (secondary N) is 1. The fourth-order valence-electron chi connectivity index (χ4n) is 1.74. The maximum Gasteiger partial charge on any atom is 0.0964 e. The van der Waals surface area contributed by atoms with Crippen LogP contribution in [0, 0.1) is 0 Å². The Kier molecular flexibility index (Phi) is 6.81. The first-order chi connectivity index (χ1) is 8.26. The van der Waals surface area contributed by atoms with Crippen molar-refractivity contribution in [2.75, 3.05) is 6.54 Å². The van der Waals surface area contributed by atoms with Crippen molar-refractivity contribution in [3.63, 3.8) is 0 Å². The molecule has 1 heterocycles. The van der Waals surface area contributed by atoms with Gasteiger partial charge in [0.05, 0.1) is 12.2 Å². The Balaban J connectivity index is 2.19. The summed E-state index contributed by atoms with van der Waals surface area (Å²) in [4.78, 5) is 0. The summed E-state index contributed by atoms with van der Waals surface area (Å²) in [7, 11) is 0. The average molecular weight is 239 g/mol. The van der Waals surface area contributed by atoms with Gasteiger partial charge in [-0.1, -0.05) is 31.4 Å². The van der Waals surface area contributed by atoms with Crippen LogP contribution in [0.5, 0.6) is 0 Å². The van der Waals surface area contributed by atoms with Gasteiger partial charge in [0.2, 0.25) is 0 Å². The monoisotopic (exact) mass is 239 g/mol. The van der Waals surface area contributed by atoms with Gasteiger partial charge in [-0.05, 0) is 13.3 Å². The minimum absolute atomic E-state index is 0.543. The van der Waals surface area contributed by atoms with Crippen LogP contribution in [0.1, 0.15) is 45.2 Å². The van der Waals surface area contributed by atoms with E-state index >= 15 is 0 Å². The highest BCUT2D eigenvalue weighted by atomic mass is 15.4. The molecule has 0 amide bonds. The lowest BCUT2D eigenvalue weighted by atomic mass is 10.1. The summed E-state index contributed by atoms with van der Waals surface area (Å²) < 4.78 is 1.79. The molecule has 0 aliphatic carbocycles. The van der Waals surface area contributed by atoms with E-state index in [1.807, 2.05) is 6.20 Å². The molecule has 0 aliphatic rings. The Morgan fingerprint density at radius 1 is 1.47 bits per heavy atom. The Bertz CT molecular complexity index is 297. The highest BCUT2D eigenvalue weighted by Crippen LogP contribution is 2.03. The van der Waals surface area contributed by atoms with Gasteiger partial charge >= 0.3 is 0 Å². The van der Waals surface area contributed by atoms with Crippen molar-refractivity contribution >= 4 is 0 Å². The van der Waals surface area contributed by atoms with Crippen LogP contribution < -0.4 is 11.1 Å². The number of unbranched alkanes of at least 4 members (excludes halogenated alkanes) is 2. The summed E-state index contributed by atoms with van der Waals surface area (Å²) in [6, 6.07) is 0.543. The minimum Gasteiger partial charge on any atom is -0.329 e. The van der Waals surface area contributed by atoms with Crippen LogP contribution >= 0.6 is 0 Å². The van der Waals surface area contributed by atoms with Crippen LogP contribution in [-0.4, -0.2) is 27.6 Å². The Hall–Kier alpha value is -0.940. The third-order valence-corrected chi connectivity index (χ3v) is 2.82. The first-order valence-corrected chi connectivity index (χ1v) is 6.58. The van der Waals surface area contributed by atoms with E-state index in [0.717, 1.165) is 18.8 Å². The van der Waals surface area contributed by atoms with E-state index < -0.39 is 0 Å². The number of nitrogens with two attached hydrogens (primary N) is 1. The summed E-state index contributed by atoms with van der Waals surface area (Å²) in [6.45, 7) is 6.58. The molecule has 17 heavy (non-hydrogen) atoms. The molecule has 3 N–H and O–H groups in total. The molecule has 0 spiro atoms. The topological polar surface area (TPSA) is 68.8 Å². The van der Waals surface area contributed by atoms with E-state index in [9.17, 15) is 0 Å². The largest absolute Gasteiger partial charge is 0.329 e. The summed E-state index contributed by atoms with van der Waals surface area (Å²) in [5.74, 6) is 0. The van der Waals surface area contributed by atoms with E-state index in [1.54, 1.807) is 4.68 Å². The van der Waals surface area contributed by atoms with Gasteiger partial charge in [0.15, 0.2) is 0 Å². The van der Waals surface area contributed by atoms with E-state index in [0.29, 0.717) is 12.6 Å². The maximum atomic E-state index is 5.46. The van der Waals surface area contributed by atoms with Crippen molar-refractivity contribution in [1.29, 1.82) is 0 Å². The molecule has 0 bridgehead atoms. The summed E-state index contributed by atoms with van der Waals surface area (Å²) in [5, 5.41) is 11.6. The molecule has 98 valence electrons. The molecule has 0 aromatic carbocycles. The molecule has 1 aromatic heterocycles. The quantitative estimate of drug-likeness (QED) is 0.637. The Morgan fingerprint density at radius 3 is 3.00 bits per heavy atom. The standard InChI is InChI=1S/C12H25N5/c1-3-4-5-6-11(2)14-9-12-10-17(8-7-13)16-15-12/h10-11,14H,3-9,13H2,1-2H3. The maximum absolute atomic E-state index is 5.46. The van der Waals surface area contributed by atoms with Gasteiger partial charge in [-0.25, -0.2) is 0 Å². The summed E-state index contributed by atoms with van der Waals surface area (Å²) in [6.07, 6.45) is 7.08. The second-order valence-electron chi connectivity index (χ2n) is 4.54. The summed E-state index contributed by atoms with van der Waals surface area (Å²) >= 11 is 0. The third kappa shape index (κ3) is 5.79. The fraction of sp³-hybridized carbons (Fsp3) is 0.833. The molecule has 0 radical (unpaired) electrons. The zero-order valence-electron chi connectivity index (χ0n) is 11.0. The molecule has 5 nitrogen and oxygen atoms in total. The number of rotatable bonds is 9. The van der Waals surface area contributed by atoms with Gasteiger partial charge in [0.1, 0.15) is 0 Å². The van der Waals surface area contributed by atoms with Crippen LogP contribution in [0.25, 0.3) is 0 Å². The average Bonchev–Trinajstić information content (AvgIpc) is 2.75. The second kappa shape index (κ2) is 8.20. The normalized spacial score (nSPS) is 12.9. The molecular weight excluding hydrogens is 214 g/mol. The zero-order valence-corrected chi connectivity index (χ0v) is 11.0. The molecule has 1 rings (SSSR count). The molecule has 0 aliphatic heterocycles. The summed E-state index contributed by atoms with van der Waals surface area (Å²) in [5.41, 5.74) is 6.44. The first kappa shape index (κ1) is 14.1. The molecule has 5 heteroatoms. The van der Waals surface area contributed by atoms with Gasteiger partial charge in [0, 0.05) is 25.3 Å². The lowest BCUT2D eigenvalue weighted by molar-refractivity contribution is 0.484. The van der Waals surface area contributed by atoms with Crippen molar-refractivity contribution in [2.24, 2.45) is 5.73 Å². The first-order valence-electron chi connectivity index (χ1n) is 6.58. The van der Waals surface area contributed by atoms with Gasteiger partial charge in [-0.15, -0.1) is 5.10 Å². The predicted molar refractivity (Wildman–Crippen MR) is 69.5 cm³/mol. The zero-order chi connectivity index (χ0) is 12.5. The number of hydrogen-bond acceptors (Lipinski definition) is 4. The van der Waals surface area contributed by atoms with E-state index in [1.165, 1.54) is 25.7 Å². The van der Waals surface area contributed by atoms with Gasteiger partial charge in [-0.3, -0.25) is 4.68 Å². The van der Waals surface area contributed by atoms with Crippen molar-refractivity contribution in [3.8, 4) is 0 Å². The fourth-order valence-corrected chi connectivity index (χ4v) is 1.74. The molecule has 1 unspecified atom stereocenters. The highest BCUT2D eigenvalue weighted by molar-refractivity contribution is 4.91. The van der Waals surface area contributed by atoms with Gasteiger partial charge < -0.3 is 11.1 Å². The highest BCUT2D eigenvalue weighted by Gasteiger charge is 2.04. The number of aromatic nitrogens is 3. The van der Waals surface area contributed by atoms with Crippen LogP contribution in [0.3, 0.4) is 0 Å². The third-order valence-electron chi connectivity index (χ3n) is 2.82. The predicted octanol–water partition coefficient (Wildman–Crippen LogP) is 1.30. The van der Waals surface area contributed by atoms with Crippen LogP contribution in [0.4, 0.5) is 0 Å². The van der Waals surface area contributed by atoms with Crippen molar-refractivity contribution in [1.82, 2.24) is 20.3 Å². The van der Waals surface area contributed by atoms with Crippen LogP contribution in [0.15, 0.2) is 6.20 Å². The van der Waals surface area contributed by atoms with Crippen molar-refractivity contribution in [3.05, 3.63) is 11.9 Å². The SMILES string of the molecule is CCCCCC(C)NCc1cn(CCN)nn1. The smallest absolute Gasteiger partial charge is 0.0964 e. The molecule has 0 saturated carbocycles. The van der Waals surface area contributed by atoms with Crippen molar-refractivity contribution < 1.29 is 0 Å². The van der Waals surface area contributed by atoms with Crippen LogP contribution in [0.2, 0.25) is 0 Å². The minimum atomic E-state index is 0.543. The molecule has 1 aromatic rings. The Morgan fingerprint density at radius 2 is 2.29 bits per heavy atom. The second-order valence-corrected chi connectivity index (χ2v) is 4.54. The lowest BCUT2D eigenvalue weighted by Crippen LogP contribution is -2.25. The molecule has 0 fully saturated rings. The molecular formula is C12H25N5. The molecule has 0 saturated heterocycles. The van der Waals surface area contributed by atoms with E-state index in [2.05, 4.69) is 29.5 Å². The molecule has 1 atom stereocenters. The van der Waals surface area contributed by atoms with Crippen molar-refractivity contribution in [2.45, 2.75) is 58.7 Å².